The van der Waals surface area contributed by atoms with Crippen LogP contribution in [0.4, 0.5) is 5.82 Å². The van der Waals surface area contributed by atoms with Crippen molar-refractivity contribution in [2.45, 2.75) is 72.1 Å². The Morgan fingerprint density at radius 2 is 1.63 bits per heavy atom. The number of rotatable bonds is 10. The molecule has 0 aromatic carbocycles. The quantitative estimate of drug-likeness (QED) is 0.265. The normalized spacial score (nSPS) is 22.0. The van der Waals surface area contributed by atoms with Crippen LogP contribution in [0.25, 0.3) is 11.2 Å². The van der Waals surface area contributed by atoms with Crippen LogP contribution in [0.5, 0.6) is 0 Å². The molecule has 2 aromatic rings. The average molecular weight is 534 g/mol. The molecule has 0 saturated carbocycles. The summed E-state index contributed by atoms with van der Waals surface area (Å²) in [6, 6.07) is -0.202. The minimum absolute atomic E-state index is 0.170. The Kier molecular flexibility index (Phi) is 9.34. The summed E-state index contributed by atoms with van der Waals surface area (Å²) in [6.07, 6.45) is 0.611. The number of aromatic nitrogens is 4. The van der Waals surface area contributed by atoms with E-state index < -0.39 is 42.4 Å². The number of fused-ring (bicyclic) bond motifs is 1. The summed E-state index contributed by atoms with van der Waals surface area (Å²) in [5, 5.41) is 3.23. The van der Waals surface area contributed by atoms with E-state index in [9.17, 15) is 19.2 Å². The van der Waals surface area contributed by atoms with Crippen molar-refractivity contribution in [2.75, 3.05) is 18.5 Å². The van der Waals surface area contributed by atoms with Gasteiger partial charge in [0.25, 0.3) is 0 Å². The zero-order valence-electron chi connectivity index (χ0n) is 22.0. The monoisotopic (exact) mass is 533 g/mol. The molecule has 0 bridgehead atoms. The summed E-state index contributed by atoms with van der Waals surface area (Å²) in [5.41, 5.74) is 1.60. The Balaban J connectivity index is 1.92. The van der Waals surface area contributed by atoms with Crippen molar-refractivity contribution in [3.05, 3.63) is 24.3 Å². The molecule has 0 aliphatic carbocycles. The fourth-order valence-electron chi connectivity index (χ4n) is 4.01. The van der Waals surface area contributed by atoms with Crippen molar-refractivity contribution in [3.63, 3.8) is 0 Å². The SMILES string of the molecule is CC(=O)OC/C(C)=C/C(C)Nc1ncnc2c1ncn2[C@@H]1O[C@H](COC(C)=O)[C@@H](OC(C)=O)[C@H]1OC(C)=O. The van der Waals surface area contributed by atoms with Crippen LogP contribution in [0.1, 0.15) is 47.8 Å². The molecule has 1 N–H and O–H groups in total. The summed E-state index contributed by atoms with van der Waals surface area (Å²) in [5.74, 6) is -1.74. The molecular formula is C24H31N5O9. The van der Waals surface area contributed by atoms with Crippen LogP contribution >= 0.6 is 0 Å². The van der Waals surface area contributed by atoms with E-state index in [1.807, 2.05) is 19.9 Å². The highest BCUT2D eigenvalue weighted by Crippen LogP contribution is 2.36. The van der Waals surface area contributed by atoms with Gasteiger partial charge >= 0.3 is 23.9 Å². The molecule has 3 heterocycles. The lowest BCUT2D eigenvalue weighted by molar-refractivity contribution is -0.166. The van der Waals surface area contributed by atoms with Crippen LogP contribution in [0.15, 0.2) is 24.3 Å². The van der Waals surface area contributed by atoms with Gasteiger partial charge in [0.05, 0.1) is 6.33 Å². The second-order valence-electron chi connectivity index (χ2n) is 8.79. The fraction of sp³-hybridized carbons (Fsp3) is 0.542. The predicted molar refractivity (Wildman–Crippen MR) is 130 cm³/mol. The van der Waals surface area contributed by atoms with Crippen molar-refractivity contribution in [3.8, 4) is 0 Å². The van der Waals surface area contributed by atoms with Gasteiger partial charge in [-0.1, -0.05) is 6.08 Å². The predicted octanol–water partition coefficient (Wildman–Crippen LogP) is 1.46. The third-order valence-electron chi connectivity index (χ3n) is 5.38. The van der Waals surface area contributed by atoms with Gasteiger partial charge in [-0.15, -0.1) is 0 Å². The molecule has 1 aliphatic heterocycles. The highest BCUT2D eigenvalue weighted by Gasteiger charge is 2.51. The highest BCUT2D eigenvalue weighted by atomic mass is 16.7. The molecule has 1 fully saturated rings. The molecule has 3 rings (SSSR count). The number of hydrogen-bond acceptors (Lipinski definition) is 13. The van der Waals surface area contributed by atoms with E-state index in [0.29, 0.717) is 17.0 Å². The lowest BCUT2D eigenvalue weighted by Crippen LogP contribution is -2.40. The molecule has 2 aromatic heterocycles. The molecule has 0 spiro atoms. The van der Waals surface area contributed by atoms with E-state index >= 15 is 0 Å². The van der Waals surface area contributed by atoms with Gasteiger partial charge in [-0.05, 0) is 19.4 Å². The molecular weight excluding hydrogens is 502 g/mol. The number of imidazole rings is 1. The Labute approximate surface area is 218 Å². The summed E-state index contributed by atoms with van der Waals surface area (Å²) >= 11 is 0. The van der Waals surface area contributed by atoms with E-state index in [1.54, 1.807) is 0 Å². The van der Waals surface area contributed by atoms with Crippen molar-refractivity contribution in [2.24, 2.45) is 0 Å². The Hall–Kier alpha value is -4.07. The van der Waals surface area contributed by atoms with Gasteiger partial charge in [0.1, 0.15) is 25.6 Å². The summed E-state index contributed by atoms with van der Waals surface area (Å²) in [6.45, 7) is 8.68. The third kappa shape index (κ3) is 7.25. The van der Waals surface area contributed by atoms with Gasteiger partial charge in [0.2, 0.25) is 0 Å². The largest absolute Gasteiger partial charge is 0.463 e. The second kappa shape index (κ2) is 12.4. The smallest absolute Gasteiger partial charge is 0.303 e. The number of nitrogens with one attached hydrogen (secondary N) is 1. The van der Waals surface area contributed by atoms with Crippen molar-refractivity contribution < 1.29 is 42.9 Å². The molecule has 5 atom stereocenters. The molecule has 0 radical (unpaired) electrons. The van der Waals surface area contributed by atoms with Gasteiger partial charge in [0, 0.05) is 33.7 Å². The third-order valence-corrected chi connectivity index (χ3v) is 5.38. The van der Waals surface area contributed by atoms with E-state index in [1.165, 1.54) is 44.9 Å². The maximum Gasteiger partial charge on any atom is 0.303 e. The second-order valence-corrected chi connectivity index (χ2v) is 8.79. The number of esters is 4. The molecule has 1 unspecified atom stereocenters. The van der Waals surface area contributed by atoms with Crippen molar-refractivity contribution in [1.82, 2.24) is 19.5 Å². The first kappa shape index (κ1) is 28.5. The maximum atomic E-state index is 11.9. The number of carbonyl (C=O) groups is 4. The molecule has 1 aliphatic rings. The fourth-order valence-corrected chi connectivity index (χ4v) is 4.01. The van der Waals surface area contributed by atoms with Gasteiger partial charge in [-0.2, -0.15) is 0 Å². The van der Waals surface area contributed by atoms with E-state index in [4.69, 9.17) is 23.7 Å². The minimum Gasteiger partial charge on any atom is -0.463 e. The minimum atomic E-state index is -1.08. The lowest BCUT2D eigenvalue weighted by Gasteiger charge is -2.23. The van der Waals surface area contributed by atoms with Crippen molar-refractivity contribution >= 4 is 40.9 Å². The number of nitrogens with zero attached hydrogens (tertiary/aromatic N) is 4. The van der Waals surface area contributed by atoms with Crippen molar-refractivity contribution in [1.29, 1.82) is 0 Å². The Bertz CT molecular complexity index is 1230. The lowest BCUT2D eigenvalue weighted by atomic mass is 10.1. The summed E-state index contributed by atoms with van der Waals surface area (Å²) < 4.78 is 28.6. The van der Waals surface area contributed by atoms with Gasteiger partial charge < -0.3 is 29.0 Å². The van der Waals surface area contributed by atoms with E-state index in [0.717, 1.165) is 5.57 Å². The Morgan fingerprint density at radius 1 is 0.974 bits per heavy atom. The average Bonchev–Trinajstić information content (AvgIpc) is 3.38. The number of carbonyl (C=O) groups excluding carboxylic acids is 4. The molecule has 14 nitrogen and oxygen atoms in total. The maximum absolute atomic E-state index is 11.9. The van der Waals surface area contributed by atoms with Crippen LogP contribution in [0.2, 0.25) is 0 Å². The van der Waals surface area contributed by atoms with Gasteiger partial charge in [-0.25, -0.2) is 15.0 Å². The topological polar surface area (TPSA) is 170 Å². The van der Waals surface area contributed by atoms with Crippen LogP contribution in [-0.2, 0) is 42.9 Å². The first-order chi connectivity index (χ1) is 18.0. The summed E-state index contributed by atoms with van der Waals surface area (Å²) in [7, 11) is 0. The molecule has 38 heavy (non-hydrogen) atoms. The van der Waals surface area contributed by atoms with Crippen LogP contribution in [0, 0.1) is 0 Å². The van der Waals surface area contributed by atoms with Crippen LogP contribution in [-0.4, -0.2) is 81.0 Å². The van der Waals surface area contributed by atoms with Gasteiger partial charge in [0.15, 0.2) is 35.4 Å². The zero-order valence-corrected chi connectivity index (χ0v) is 22.0. The molecule has 1 saturated heterocycles. The molecule has 0 amide bonds. The van der Waals surface area contributed by atoms with E-state index in [2.05, 4.69) is 20.3 Å². The standard InChI is InChI=1S/C24H31N5O9/c1-12(8-34-14(3)30)7-13(2)28-22-19-23(26-10-25-22)29(11-27-19)24-21(37-17(6)33)20(36-16(5)32)18(38-24)9-35-15(4)31/h7,10-11,13,18,20-21,24H,8-9H2,1-6H3,(H,25,26,28)/b12-7+/t13?,18-,20-,21-,24-/m1/s1. The number of anilines is 1. The zero-order chi connectivity index (χ0) is 28.0. The summed E-state index contributed by atoms with van der Waals surface area (Å²) in [4.78, 5) is 59.2. The highest BCUT2D eigenvalue weighted by molar-refractivity contribution is 5.83. The number of hydrogen-bond donors (Lipinski definition) is 1. The van der Waals surface area contributed by atoms with E-state index in [-0.39, 0.29) is 25.2 Å². The number of ether oxygens (including phenoxy) is 5. The first-order valence-corrected chi connectivity index (χ1v) is 11.8. The first-order valence-electron chi connectivity index (χ1n) is 11.8. The van der Waals surface area contributed by atoms with Crippen LogP contribution < -0.4 is 5.32 Å². The van der Waals surface area contributed by atoms with Crippen LogP contribution in [0.3, 0.4) is 0 Å². The van der Waals surface area contributed by atoms with Gasteiger partial charge in [-0.3, -0.25) is 23.7 Å². The molecule has 206 valence electrons. The Morgan fingerprint density at radius 3 is 2.26 bits per heavy atom. The molecule has 14 heteroatoms.